The molecule has 0 aliphatic carbocycles. The second-order valence-corrected chi connectivity index (χ2v) is 18.8. The zero-order valence-electron chi connectivity index (χ0n) is 40.1. The van der Waals surface area contributed by atoms with Gasteiger partial charge in [0, 0.05) is 4.90 Å². The molecular formula is C60H58O12S. The predicted molar refractivity (Wildman–Crippen MR) is 274 cm³/mol. The molecule has 9 rings (SSSR count). The Balaban J connectivity index is 1.11. The van der Waals surface area contributed by atoms with Gasteiger partial charge in [-0.1, -0.05) is 188 Å². The standard InChI is InChI=1S/C60H58O12S/c61-51-49(41-68-57(62)46-30-16-5-17-31-46)70-60(73-48-34-20-7-21-35-48)56(71-58(63)47-32-18-6-19-33-47)53(51)72-59-55(67-39-45-28-14-4-15-29-45)54(66-38-44-26-12-3-13-27-44)52(65-37-43-24-10-2-11-25-43)50(69-59)40-64-36-42-22-8-1-9-23-42/h1-35,49-56,59-61H,36-41H2/t49-,50-,51+,52+,53+,54+,55-,56-,59-,60+/m1/s1. The van der Waals surface area contributed by atoms with E-state index in [4.69, 9.17) is 42.6 Å². The quantitative estimate of drug-likeness (QED) is 0.0646. The van der Waals surface area contributed by atoms with Gasteiger partial charge in [-0.25, -0.2) is 9.59 Å². The van der Waals surface area contributed by atoms with Crippen molar-refractivity contribution in [3.8, 4) is 0 Å². The highest BCUT2D eigenvalue weighted by Crippen LogP contribution is 2.40. The van der Waals surface area contributed by atoms with Gasteiger partial charge < -0.3 is 47.7 Å². The van der Waals surface area contributed by atoms with E-state index in [0.29, 0.717) is 5.56 Å². The van der Waals surface area contributed by atoms with E-state index in [1.54, 1.807) is 60.7 Å². The van der Waals surface area contributed by atoms with Crippen LogP contribution >= 0.6 is 11.8 Å². The van der Waals surface area contributed by atoms with Crippen LogP contribution in [0.4, 0.5) is 0 Å². The first-order chi connectivity index (χ1) is 35.9. The Morgan fingerprint density at radius 1 is 0.438 bits per heavy atom. The topological polar surface area (TPSA) is 137 Å². The zero-order valence-corrected chi connectivity index (χ0v) is 40.9. The molecular weight excluding hydrogens is 945 g/mol. The van der Waals surface area contributed by atoms with Gasteiger partial charge in [0.2, 0.25) is 0 Å². The van der Waals surface area contributed by atoms with Crippen molar-refractivity contribution in [2.45, 2.75) is 91.9 Å². The number of carbonyl (C=O) groups is 2. The number of hydrogen-bond donors (Lipinski definition) is 1. The molecule has 0 aromatic heterocycles. The van der Waals surface area contributed by atoms with Crippen LogP contribution in [-0.4, -0.2) is 90.8 Å². The van der Waals surface area contributed by atoms with Gasteiger partial charge in [0.1, 0.15) is 54.8 Å². The smallest absolute Gasteiger partial charge is 0.338 e. The molecule has 10 atom stereocenters. The lowest BCUT2D eigenvalue weighted by molar-refractivity contribution is -0.354. The minimum absolute atomic E-state index is 0.0398. The molecule has 7 aromatic rings. The van der Waals surface area contributed by atoms with E-state index < -0.39 is 72.5 Å². The summed E-state index contributed by atoms with van der Waals surface area (Å²) >= 11 is 1.27. The van der Waals surface area contributed by atoms with E-state index in [9.17, 15) is 14.7 Å². The van der Waals surface area contributed by atoms with E-state index in [2.05, 4.69) is 0 Å². The number of rotatable bonds is 22. The highest BCUT2D eigenvalue weighted by Gasteiger charge is 2.55. The summed E-state index contributed by atoms with van der Waals surface area (Å²) in [5.74, 6) is -1.28. The molecule has 2 heterocycles. The molecule has 7 aromatic carbocycles. The third-order valence-electron chi connectivity index (χ3n) is 12.4. The van der Waals surface area contributed by atoms with Gasteiger partial charge in [0.05, 0.1) is 44.2 Å². The molecule has 2 aliphatic rings. The van der Waals surface area contributed by atoms with E-state index in [-0.39, 0.29) is 45.2 Å². The fourth-order valence-corrected chi connectivity index (χ4v) is 9.76. The van der Waals surface area contributed by atoms with Gasteiger partial charge in [-0.05, 0) is 58.7 Å². The first-order valence-corrected chi connectivity index (χ1v) is 25.3. The molecule has 2 saturated heterocycles. The molecule has 73 heavy (non-hydrogen) atoms. The minimum Gasteiger partial charge on any atom is -0.459 e. The zero-order chi connectivity index (χ0) is 50.0. The summed E-state index contributed by atoms with van der Waals surface area (Å²) in [5.41, 5.74) is 3.27. The van der Waals surface area contributed by atoms with Crippen molar-refractivity contribution in [3.05, 3.63) is 246 Å². The SMILES string of the molecule is O=C(OC[C@H]1O[C@@H](Sc2ccccc2)[C@H](OC(=O)c2ccccc2)[C@@H](O[C@H]2O[C@H](COCc3ccccc3)[C@H](OCc3ccccc3)[C@H](OCc3ccccc3)[C@H]2OCc2ccccc2)[C@H]1O)c1ccccc1. The molecule has 12 nitrogen and oxygen atoms in total. The summed E-state index contributed by atoms with van der Waals surface area (Å²) in [7, 11) is 0. The van der Waals surface area contributed by atoms with Crippen LogP contribution in [-0.2, 0) is 69.1 Å². The monoisotopic (exact) mass is 1000 g/mol. The number of thioether (sulfide) groups is 1. The lowest BCUT2D eigenvalue weighted by atomic mass is 9.96. The van der Waals surface area contributed by atoms with Crippen LogP contribution in [0.3, 0.4) is 0 Å². The van der Waals surface area contributed by atoms with Gasteiger partial charge >= 0.3 is 11.9 Å². The molecule has 2 fully saturated rings. The Bertz CT molecular complexity index is 2710. The maximum absolute atomic E-state index is 14.2. The van der Waals surface area contributed by atoms with Gasteiger partial charge in [-0.2, -0.15) is 0 Å². The van der Waals surface area contributed by atoms with Crippen LogP contribution in [0.5, 0.6) is 0 Å². The lowest BCUT2D eigenvalue weighted by Gasteiger charge is -2.49. The van der Waals surface area contributed by atoms with Crippen molar-refractivity contribution in [1.29, 1.82) is 0 Å². The molecule has 2 aliphatic heterocycles. The molecule has 13 heteroatoms. The van der Waals surface area contributed by atoms with E-state index in [1.807, 2.05) is 152 Å². The highest BCUT2D eigenvalue weighted by molar-refractivity contribution is 7.99. The Morgan fingerprint density at radius 3 is 1.40 bits per heavy atom. The Hall–Kier alpha value is -6.49. The molecule has 0 saturated carbocycles. The van der Waals surface area contributed by atoms with Crippen LogP contribution in [0.25, 0.3) is 0 Å². The number of ether oxygens (including phenoxy) is 9. The molecule has 0 unspecified atom stereocenters. The van der Waals surface area contributed by atoms with Crippen LogP contribution in [0.15, 0.2) is 217 Å². The fraction of sp³-hybridized carbons (Fsp3) is 0.267. The fourth-order valence-electron chi connectivity index (χ4n) is 8.63. The number of carbonyl (C=O) groups excluding carboxylic acids is 2. The Morgan fingerprint density at radius 2 is 0.877 bits per heavy atom. The third-order valence-corrected chi connectivity index (χ3v) is 13.5. The Kier molecular flexibility index (Phi) is 18.6. The first kappa shape index (κ1) is 51.4. The van der Waals surface area contributed by atoms with E-state index in [0.717, 1.165) is 27.1 Å². The first-order valence-electron chi connectivity index (χ1n) is 24.4. The second kappa shape index (κ2) is 26.5. The summed E-state index contributed by atoms with van der Waals surface area (Å²) in [6.45, 7) is 0.455. The predicted octanol–water partition coefficient (Wildman–Crippen LogP) is 10.0. The lowest BCUT2D eigenvalue weighted by Crippen LogP contribution is -2.66. The number of aliphatic hydroxyl groups is 1. The van der Waals surface area contributed by atoms with E-state index >= 15 is 0 Å². The minimum atomic E-state index is -1.56. The maximum Gasteiger partial charge on any atom is 0.338 e. The average Bonchev–Trinajstić information content (AvgIpc) is 3.44. The largest absolute Gasteiger partial charge is 0.459 e. The van der Waals surface area contributed by atoms with Crippen molar-refractivity contribution in [2.75, 3.05) is 13.2 Å². The molecule has 376 valence electrons. The van der Waals surface area contributed by atoms with Gasteiger partial charge in [-0.3, -0.25) is 0 Å². The molecule has 0 radical (unpaired) electrons. The molecule has 1 N–H and O–H groups in total. The van der Waals surface area contributed by atoms with Crippen molar-refractivity contribution in [2.24, 2.45) is 0 Å². The van der Waals surface area contributed by atoms with Crippen molar-refractivity contribution in [3.63, 3.8) is 0 Å². The summed E-state index contributed by atoms with van der Waals surface area (Å²) in [5, 5.41) is 12.7. The number of esters is 2. The van der Waals surface area contributed by atoms with Crippen LogP contribution in [0, 0.1) is 0 Å². The maximum atomic E-state index is 14.2. The number of hydrogen-bond acceptors (Lipinski definition) is 13. The average molecular weight is 1000 g/mol. The van der Waals surface area contributed by atoms with Gasteiger partial charge in [0.25, 0.3) is 0 Å². The molecule has 0 spiro atoms. The van der Waals surface area contributed by atoms with Gasteiger partial charge in [-0.15, -0.1) is 0 Å². The number of aliphatic hydroxyl groups excluding tert-OH is 1. The van der Waals surface area contributed by atoms with E-state index in [1.165, 1.54) is 11.8 Å². The van der Waals surface area contributed by atoms with Crippen molar-refractivity contribution in [1.82, 2.24) is 0 Å². The van der Waals surface area contributed by atoms with Crippen molar-refractivity contribution < 1.29 is 57.3 Å². The number of benzene rings is 7. The third kappa shape index (κ3) is 14.4. The summed E-state index contributed by atoms with van der Waals surface area (Å²) < 4.78 is 60.4. The molecule has 0 bridgehead atoms. The summed E-state index contributed by atoms with van der Waals surface area (Å²) in [6, 6.07) is 65.7. The van der Waals surface area contributed by atoms with Crippen LogP contribution in [0.1, 0.15) is 43.0 Å². The summed E-state index contributed by atoms with van der Waals surface area (Å²) in [6.07, 6.45) is -10.3. The normalized spacial score (nSPS) is 23.8. The van der Waals surface area contributed by atoms with Gasteiger partial charge in [0.15, 0.2) is 12.4 Å². The Labute approximate surface area is 430 Å². The van der Waals surface area contributed by atoms with Crippen molar-refractivity contribution >= 4 is 23.7 Å². The highest BCUT2D eigenvalue weighted by atomic mass is 32.2. The van der Waals surface area contributed by atoms with Crippen LogP contribution < -0.4 is 0 Å². The second-order valence-electron chi connectivity index (χ2n) is 17.6. The van der Waals surface area contributed by atoms with Crippen LogP contribution in [0.2, 0.25) is 0 Å². The summed E-state index contributed by atoms with van der Waals surface area (Å²) in [4.78, 5) is 28.4. The molecule has 0 amide bonds.